The third-order valence-corrected chi connectivity index (χ3v) is 5.54. The van der Waals surface area contributed by atoms with Crippen LogP contribution in [0.4, 0.5) is 0 Å². The Bertz CT molecular complexity index is 678. The van der Waals surface area contributed by atoms with E-state index in [1.54, 1.807) is 26.4 Å². The summed E-state index contributed by atoms with van der Waals surface area (Å²) in [6, 6.07) is 7.19. The highest BCUT2D eigenvalue weighted by molar-refractivity contribution is 5.80. The quantitative estimate of drug-likeness (QED) is 0.465. The van der Waals surface area contributed by atoms with Crippen LogP contribution in [-0.2, 0) is 0 Å². The molecule has 1 aliphatic carbocycles. The molecule has 2 aliphatic rings. The first-order valence-electron chi connectivity index (χ1n) is 10.3. The molecular weight excluding hydrogens is 356 g/mol. The van der Waals surface area contributed by atoms with Crippen LogP contribution < -0.4 is 20.1 Å². The SMILES string of the molecule is CCNC(=NCC(O)c1cc(OC)ccc1OC)NC1CC(C)N(C2CC2)C1. The molecule has 1 aromatic carbocycles. The number of hydrogen-bond donors (Lipinski definition) is 3. The molecule has 0 aromatic heterocycles. The van der Waals surface area contributed by atoms with Gasteiger partial charge in [0.25, 0.3) is 0 Å². The average Bonchev–Trinajstić information content (AvgIpc) is 3.48. The van der Waals surface area contributed by atoms with Gasteiger partial charge in [0, 0.05) is 36.8 Å². The summed E-state index contributed by atoms with van der Waals surface area (Å²) in [7, 11) is 3.20. The molecule has 1 heterocycles. The van der Waals surface area contributed by atoms with E-state index in [2.05, 4.69) is 27.4 Å². The Morgan fingerprint density at radius 2 is 2.11 bits per heavy atom. The average molecular weight is 391 g/mol. The van der Waals surface area contributed by atoms with Crippen molar-refractivity contribution in [2.45, 2.75) is 57.3 Å². The van der Waals surface area contributed by atoms with E-state index in [9.17, 15) is 5.11 Å². The number of aliphatic hydroxyl groups is 1. The van der Waals surface area contributed by atoms with Crippen LogP contribution >= 0.6 is 0 Å². The Balaban J connectivity index is 1.64. The van der Waals surface area contributed by atoms with Gasteiger partial charge in [-0.2, -0.15) is 0 Å². The van der Waals surface area contributed by atoms with E-state index in [0.29, 0.717) is 29.1 Å². The first-order chi connectivity index (χ1) is 13.5. The van der Waals surface area contributed by atoms with E-state index in [1.807, 2.05) is 13.0 Å². The van der Waals surface area contributed by atoms with Crippen LogP contribution in [0.3, 0.4) is 0 Å². The number of likely N-dealkylation sites (tertiary alicyclic amines) is 1. The summed E-state index contributed by atoms with van der Waals surface area (Å²) in [5.74, 6) is 2.06. The third kappa shape index (κ3) is 5.08. The third-order valence-electron chi connectivity index (χ3n) is 5.54. The predicted octanol–water partition coefficient (Wildman–Crippen LogP) is 1.92. The van der Waals surface area contributed by atoms with E-state index in [0.717, 1.165) is 31.5 Å². The molecule has 1 saturated heterocycles. The number of rotatable bonds is 8. The maximum atomic E-state index is 10.7. The number of benzene rings is 1. The highest BCUT2D eigenvalue weighted by Crippen LogP contribution is 2.33. The van der Waals surface area contributed by atoms with Crippen molar-refractivity contribution in [2.75, 3.05) is 33.9 Å². The molecule has 2 fully saturated rings. The Morgan fingerprint density at radius 3 is 2.75 bits per heavy atom. The minimum Gasteiger partial charge on any atom is -0.497 e. The number of guanidine groups is 1. The van der Waals surface area contributed by atoms with E-state index >= 15 is 0 Å². The summed E-state index contributed by atoms with van der Waals surface area (Å²) in [5, 5.41) is 17.5. The number of aliphatic hydroxyl groups excluding tert-OH is 1. The molecular formula is C21H34N4O3. The largest absolute Gasteiger partial charge is 0.497 e. The van der Waals surface area contributed by atoms with Gasteiger partial charge in [0.15, 0.2) is 5.96 Å². The molecule has 0 spiro atoms. The van der Waals surface area contributed by atoms with Crippen LogP contribution in [0.1, 0.15) is 44.8 Å². The molecule has 3 N–H and O–H groups in total. The van der Waals surface area contributed by atoms with Crippen LogP contribution in [0, 0.1) is 0 Å². The van der Waals surface area contributed by atoms with Crippen molar-refractivity contribution in [1.29, 1.82) is 0 Å². The number of ether oxygens (including phenoxy) is 2. The standard InChI is InChI=1S/C21H34N4O3/c1-5-22-21(24-15-10-14(2)25(13-15)16-6-7-16)23-12-19(26)18-11-17(27-3)8-9-20(18)28-4/h8-9,11,14-16,19,26H,5-7,10,12-13H2,1-4H3,(H2,22,23,24). The number of aliphatic imine (C=N–C) groups is 1. The monoisotopic (exact) mass is 390 g/mol. The van der Waals surface area contributed by atoms with E-state index in [1.165, 1.54) is 12.8 Å². The molecule has 3 rings (SSSR count). The molecule has 1 aromatic rings. The summed E-state index contributed by atoms with van der Waals surface area (Å²) in [4.78, 5) is 7.23. The van der Waals surface area contributed by atoms with E-state index in [-0.39, 0.29) is 6.54 Å². The van der Waals surface area contributed by atoms with Gasteiger partial charge in [-0.25, -0.2) is 0 Å². The zero-order valence-electron chi connectivity index (χ0n) is 17.4. The highest BCUT2D eigenvalue weighted by atomic mass is 16.5. The fourth-order valence-electron chi connectivity index (χ4n) is 3.97. The summed E-state index contributed by atoms with van der Waals surface area (Å²) >= 11 is 0. The Kier molecular flexibility index (Phi) is 7.02. The number of hydrogen-bond acceptors (Lipinski definition) is 5. The van der Waals surface area contributed by atoms with Crippen LogP contribution in [0.15, 0.2) is 23.2 Å². The van der Waals surface area contributed by atoms with Crippen molar-refractivity contribution in [3.63, 3.8) is 0 Å². The smallest absolute Gasteiger partial charge is 0.191 e. The maximum absolute atomic E-state index is 10.7. The lowest BCUT2D eigenvalue weighted by Crippen LogP contribution is -2.45. The van der Waals surface area contributed by atoms with Gasteiger partial charge in [0.05, 0.1) is 20.8 Å². The van der Waals surface area contributed by atoms with Crippen molar-refractivity contribution in [1.82, 2.24) is 15.5 Å². The zero-order valence-corrected chi connectivity index (χ0v) is 17.4. The Hall–Kier alpha value is -1.99. The van der Waals surface area contributed by atoms with Gasteiger partial charge < -0.3 is 25.2 Å². The molecule has 3 unspecified atom stereocenters. The normalized spacial score (nSPS) is 24.1. The first-order valence-corrected chi connectivity index (χ1v) is 10.3. The molecule has 7 heteroatoms. The minimum atomic E-state index is -0.772. The van der Waals surface area contributed by atoms with Gasteiger partial charge in [0.2, 0.25) is 0 Å². The minimum absolute atomic E-state index is 0.244. The predicted molar refractivity (Wildman–Crippen MR) is 111 cm³/mol. The summed E-state index contributed by atoms with van der Waals surface area (Å²) in [5.41, 5.74) is 0.677. The molecule has 0 bridgehead atoms. The van der Waals surface area contributed by atoms with Crippen molar-refractivity contribution < 1.29 is 14.6 Å². The molecule has 1 saturated carbocycles. The highest BCUT2D eigenvalue weighted by Gasteiger charge is 2.38. The van der Waals surface area contributed by atoms with Gasteiger partial charge >= 0.3 is 0 Å². The molecule has 156 valence electrons. The van der Waals surface area contributed by atoms with Gasteiger partial charge in [-0.15, -0.1) is 0 Å². The van der Waals surface area contributed by atoms with Crippen LogP contribution in [0.25, 0.3) is 0 Å². The summed E-state index contributed by atoms with van der Waals surface area (Å²) in [6.45, 7) is 6.43. The first kappa shape index (κ1) is 20.7. The molecule has 0 radical (unpaired) electrons. The lowest BCUT2D eigenvalue weighted by molar-refractivity contribution is 0.182. The number of nitrogens with one attached hydrogen (secondary N) is 2. The lowest BCUT2D eigenvalue weighted by Gasteiger charge is -2.20. The molecule has 7 nitrogen and oxygen atoms in total. The zero-order chi connectivity index (χ0) is 20.1. The van der Waals surface area contributed by atoms with Gasteiger partial charge in [-0.1, -0.05) is 0 Å². The van der Waals surface area contributed by atoms with Crippen LogP contribution in [0.5, 0.6) is 11.5 Å². The van der Waals surface area contributed by atoms with Crippen molar-refractivity contribution in [3.05, 3.63) is 23.8 Å². The van der Waals surface area contributed by atoms with Crippen LogP contribution in [-0.4, -0.2) is 67.9 Å². The second-order valence-electron chi connectivity index (χ2n) is 7.70. The van der Waals surface area contributed by atoms with Crippen molar-refractivity contribution >= 4 is 5.96 Å². The molecule has 3 atom stereocenters. The number of methoxy groups -OCH3 is 2. The lowest BCUT2D eigenvalue weighted by atomic mass is 10.1. The summed E-state index contributed by atoms with van der Waals surface area (Å²) < 4.78 is 10.6. The van der Waals surface area contributed by atoms with Gasteiger partial charge in [-0.3, -0.25) is 9.89 Å². The second kappa shape index (κ2) is 9.47. The second-order valence-corrected chi connectivity index (χ2v) is 7.70. The molecule has 0 amide bonds. The molecule has 28 heavy (non-hydrogen) atoms. The topological polar surface area (TPSA) is 78.4 Å². The van der Waals surface area contributed by atoms with E-state index < -0.39 is 6.10 Å². The maximum Gasteiger partial charge on any atom is 0.191 e. The van der Waals surface area contributed by atoms with Crippen LogP contribution in [0.2, 0.25) is 0 Å². The fourth-order valence-corrected chi connectivity index (χ4v) is 3.97. The molecule has 1 aliphatic heterocycles. The Labute approximate surface area is 168 Å². The van der Waals surface area contributed by atoms with Crippen molar-refractivity contribution in [2.24, 2.45) is 4.99 Å². The van der Waals surface area contributed by atoms with Crippen molar-refractivity contribution in [3.8, 4) is 11.5 Å². The fraction of sp³-hybridized carbons (Fsp3) is 0.667. The number of nitrogens with zero attached hydrogens (tertiary/aromatic N) is 2. The Morgan fingerprint density at radius 1 is 1.32 bits per heavy atom. The van der Waals surface area contributed by atoms with E-state index in [4.69, 9.17) is 9.47 Å². The summed E-state index contributed by atoms with van der Waals surface area (Å²) in [6.07, 6.45) is 3.01. The van der Waals surface area contributed by atoms with Gasteiger partial charge in [-0.05, 0) is 51.3 Å². The van der Waals surface area contributed by atoms with Gasteiger partial charge in [0.1, 0.15) is 17.6 Å².